The SMILES string of the molecule is COCCOCOC1CCC(=O)CC1(C)C. The summed E-state index contributed by atoms with van der Waals surface area (Å²) in [6, 6.07) is 0. The molecule has 0 aromatic carbocycles. The Kier molecular flexibility index (Phi) is 5.38. The minimum atomic E-state index is -0.0695. The summed E-state index contributed by atoms with van der Waals surface area (Å²) in [6.45, 7) is 5.55. The first kappa shape index (κ1) is 13.6. The Bertz CT molecular complexity index is 225. The highest BCUT2D eigenvalue weighted by atomic mass is 16.7. The Morgan fingerprint density at radius 2 is 2.12 bits per heavy atom. The fraction of sp³-hybridized carbons (Fsp3) is 0.917. The Morgan fingerprint density at radius 1 is 1.38 bits per heavy atom. The lowest BCUT2D eigenvalue weighted by Gasteiger charge is -2.37. The second-order valence-corrected chi connectivity index (χ2v) is 4.92. The Labute approximate surface area is 97.2 Å². The Morgan fingerprint density at radius 3 is 2.75 bits per heavy atom. The maximum atomic E-state index is 11.3. The number of carbonyl (C=O) groups excluding carboxylic acids is 1. The van der Waals surface area contributed by atoms with Gasteiger partial charge in [-0.3, -0.25) is 4.79 Å². The highest BCUT2D eigenvalue weighted by Crippen LogP contribution is 2.35. The van der Waals surface area contributed by atoms with Crippen molar-refractivity contribution in [2.45, 2.75) is 39.2 Å². The quantitative estimate of drug-likeness (QED) is 0.515. The normalized spacial score (nSPS) is 24.7. The number of ether oxygens (including phenoxy) is 3. The molecular weight excluding hydrogens is 208 g/mol. The summed E-state index contributed by atoms with van der Waals surface area (Å²) < 4.78 is 15.8. The van der Waals surface area contributed by atoms with Crippen molar-refractivity contribution < 1.29 is 19.0 Å². The van der Waals surface area contributed by atoms with Crippen LogP contribution in [0.15, 0.2) is 0 Å². The monoisotopic (exact) mass is 230 g/mol. The van der Waals surface area contributed by atoms with Gasteiger partial charge in [-0.15, -0.1) is 0 Å². The smallest absolute Gasteiger partial charge is 0.147 e. The summed E-state index contributed by atoms with van der Waals surface area (Å²) in [6.07, 6.45) is 2.16. The zero-order valence-corrected chi connectivity index (χ0v) is 10.5. The fourth-order valence-electron chi connectivity index (χ4n) is 2.03. The first-order chi connectivity index (χ1) is 7.56. The van der Waals surface area contributed by atoms with E-state index in [1.165, 1.54) is 0 Å². The van der Waals surface area contributed by atoms with E-state index in [-0.39, 0.29) is 18.3 Å². The van der Waals surface area contributed by atoms with Crippen molar-refractivity contribution in [3.63, 3.8) is 0 Å². The third-order valence-corrected chi connectivity index (χ3v) is 2.99. The lowest BCUT2D eigenvalue weighted by molar-refractivity contribution is -0.151. The molecule has 1 unspecified atom stereocenters. The molecule has 0 aromatic heterocycles. The average Bonchev–Trinajstić information content (AvgIpc) is 2.19. The molecule has 1 rings (SSSR count). The van der Waals surface area contributed by atoms with Gasteiger partial charge in [0.25, 0.3) is 0 Å². The number of methoxy groups -OCH3 is 1. The van der Waals surface area contributed by atoms with Gasteiger partial charge in [-0.05, 0) is 11.8 Å². The van der Waals surface area contributed by atoms with Crippen molar-refractivity contribution in [2.75, 3.05) is 27.1 Å². The molecule has 94 valence electrons. The van der Waals surface area contributed by atoms with E-state index in [0.717, 1.165) is 6.42 Å². The molecule has 0 aromatic rings. The molecule has 1 aliphatic carbocycles. The van der Waals surface area contributed by atoms with Crippen LogP contribution in [0.5, 0.6) is 0 Å². The van der Waals surface area contributed by atoms with Gasteiger partial charge >= 0.3 is 0 Å². The molecule has 0 heterocycles. The van der Waals surface area contributed by atoms with Crippen LogP contribution in [0.1, 0.15) is 33.1 Å². The molecule has 1 atom stereocenters. The van der Waals surface area contributed by atoms with Crippen LogP contribution in [-0.2, 0) is 19.0 Å². The largest absolute Gasteiger partial charge is 0.382 e. The van der Waals surface area contributed by atoms with E-state index >= 15 is 0 Å². The second-order valence-electron chi connectivity index (χ2n) is 4.92. The van der Waals surface area contributed by atoms with Crippen LogP contribution in [0.4, 0.5) is 0 Å². The van der Waals surface area contributed by atoms with E-state index in [1.807, 2.05) is 0 Å². The van der Waals surface area contributed by atoms with Crippen molar-refractivity contribution in [2.24, 2.45) is 5.41 Å². The first-order valence-electron chi connectivity index (χ1n) is 5.76. The van der Waals surface area contributed by atoms with Crippen molar-refractivity contribution in [1.29, 1.82) is 0 Å². The van der Waals surface area contributed by atoms with Crippen LogP contribution in [0.2, 0.25) is 0 Å². The van der Waals surface area contributed by atoms with Gasteiger partial charge in [0.1, 0.15) is 12.6 Å². The number of ketones is 1. The molecule has 4 nitrogen and oxygen atoms in total. The van der Waals surface area contributed by atoms with Crippen molar-refractivity contribution in [1.82, 2.24) is 0 Å². The zero-order chi connectivity index (χ0) is 12.0. The molecule has 16 heavy (non-hydrogen) atoms. The van der Waals surface area contributed by atoms with Crippen LogP contribution in [0.25, 0.3) is 0 Å². The number of carbonyl (C=O) groups is 1. The van der Waals surface area contributed by atoms with Gasteiger partial charge in [-0.1, -0.05) is 13.8 Å². The minimum Gasteiger partial charge on any atom is -0.382 e. The molecule has 1 fully saturated rings. The van der Waals surface area contributed by atoms with Gasteiger partial charge in [0.05, 0.1) is 19.3 Å². The third-order valence-electron chi connectivity index (χ3n) is 2.99. The van der Waals surface area contributed by atoms with Crippen LogP contribution < -0.4 is 0 Å². The molecule has 0 aliphatic heterocycles. The van der Waals surface area contributed by atoms with Crippen molar-refractivity contribution in [3.05, 3.63) is 0 Å². The molecular formula is C12H22O4. The van der Waals surface area contributed by atoms with E-state index in [9.17, 15) is 4.79 Å². The molecule has 1 aliphatic rings. The van der Waals surface area contributed by atoms with Gasteiger partial charge < -0.3 is 14.2 Å². The summed E-state index contributed by atoms with van der Waals surface area (Å²) >= 11 is 0. The fourth-order valence-corrected chi connectivity index (χ4v) is 2.03. The summed E-state index contributed by atoms with van der Waals surface area (Å²) in [4.78, 5) is 11.3. The van der Waals surface area contributed by atoms with Gasteiger partial charge in [0, 0.05) is 20.0 Å². The number of Topliss-reactive ketones (excluding diaryl/α,β-unsaturated/α-hetero) is 1. The predicted octanol–water partition coefficient (Wildman–Crippen LogP) is 1.77. The topological polar surface area (TPSA) is 44.8 Å². The molecule has 4 heteroatoms. The maximum Gasteiger partial charge on any atom is 0.147 e. The van der Waals surface area contributed by atoms with Crippen LogP contribution in [0.3, 0.4) is 0 Å². The second kappa shape index (κ2) is 6.33. The highest BCUT2D eigenvalue weighted by Gasteiger charge is 2.36. The Hall–Kier alpha value is -0.450. The highest BCUT2D eigenvalue weighted by molar-refractivity contribution is 5.80. The van der Waals surface area contributed by atoms with Crippen LogP contribution in [0, 0.1) is 5.41 Å². The Balaban J connectivity index is 2.23. The van der Waals surface area contributed by atoms with E-state index < -0.39 is 0 Å². The van der Waals surface area contributed by atoms with E-state index in [4.69, 9.17) is 14.2 Å². The van der Waals surface area contributed by atoms with Gasteiger partial charge in [0.2, 0.25) is 0 Å². The van der Waals surface area contributed by atoms with E-state index in [2.05, 4.69) is 13.8 Å². The molecule has 0 bridgehead atoms. The lowest BCUT2D eigenvalue weighted by Crippen LogP contribution is -2.39. The van der Waals surface area contributed by atoms with Gasteiger partial charge in [-0.25, -0.2) is 0 Å². The number of rotatable bonds is 6. The minimum absolute atomic E-state index is 0.0695. The predicted molar refractivity (Wildman–Crippen MR) is 60.2 cm³/mol. The standard InChI is InChI=1S/C12H22O4/c1-12(2)8-10(13)4-5-11(12)16-9-15-7-6-14-3/h11H,4-9H2,1-3H3. The summed E-state index contributed by atoms with van der Waals surface area (Å²) in [5.41, 5.74) is -0.0695. The average molecular weight is 230 g/mol. The lowest BCUT2D eigenvalue weighted by atomic mass is 9.74. The molecule has 0 radical (unpaired) electrons. The van der Waals surface area contributed by atoms with Crippen LogP contribution >= 0.6 is 0 Å². The zero-order valence-electron chi connectivity index (χ0n) is 10.5. The van der Waals surface area contributed by atoms with Crippen molar-refractivity contribution in [3.8, 4) is 0 Å². The molecule has 0 spiro atoms. The third kappa shape index (κ3) is 4.20. The van der Waals surface area contributed by atoms with Gasteiger partial charge in [-0.2, -0.15) is 0 Å². The van der Waals surface area contributed by atoms with E-state index in [0.29, 0.717) is 31.8 Å². The maximum absolute atomic E-state index is 11.3. The molecule has 0 saturated heterocycles. The number of hydrogen-bond donors (Lipinski definition) is 0. The number of hydrogen-bond acceptors (Lipinski definition) is 4. The molecule has 0 N–H and O–H groups in total. The summed E-state index contributed by atoms with van der Waals surface area (Å²) in [5, 5.41) is 0. The van der Waals surface area contributed by atoms with Crippen molar-refractivity contribution >= 4 is 5.78 Å². The summed E-state index contributed by atoms with van der Waals surface area (Å²) in [5.74, 6) is 0.338. The molecule has 0 amide bonds. The summed E-state index contributed by atoms with van der Waals surface area (Å²) in [7, 11) is 1.64. The van der Waals surface area contributed by atoms with Gasteiger partial charge in [0.15, 0.2) is 0 Å². The van der Waals surface area contributed by atoms with E-state index in [1.54, 1.807) is 7.11 Å². The first-order valence-corrected chi connectivity index (χ1v) is 5.76. The van der Waals surface area contributed by atoms with Crippen LogP contribution in [-0.4, -0.2) is 39.0 Å². The molecule has 1 saturated carbocycles.